The van der Waals surface area contributed by atoms with Gasteiger partial charge < -0.3 is 0 Å². The highest BCUT2D eigenvalue weighted by Crippen LogP contribution is 2.60. The number of fused-ring (bicyclic) bond motifs is 3. The van der Waals surface area contributed by atoms with E-state index in [4.69, 9.17) is 0 Å². The normalized spacial score (nSPS) is 29.9. The maximum absolute atomic E-state index is 2.66. The lowest BCUT2D eigenvalue weighted by Crippen LogP contribution is -2.41. The minimum Gasteiger partial charge on any atom is -0.0654 e. The SMILES string of the molecule is CCCCCC.Cc1ccc2c(c1)C(C1CCC3CCCCC3C1)C1CCCCC1C2c1ccccc1-c1ccc(C2CCCCC2)cc1. The molecular formula is C49H68. The Hall–Kier alpha value is -2.34. The van der Waals surface area contributed by atoms with E-state index in [9.17, 15) is 0 Å². The molecule has 0 spiro atoms. The molecular weight excluding hydrogens is 589 g/mol. The van der Waals surface area contributed by atoms with Crippen molar-refractivity contribution in [1.82, 2.24) is 0 Å². The number of aryl methyl sites for hydroxylation is 1. The Balaban J connectivity index is 0.000000581. The van der Waals surface area contributed by atoms with Gasteiger partial charge in [-0.15, -0.1) is 0 Å². The van der Waals surface area contributed by atoms with Crippen LogP contribution in [0, 0.1) is 36.5 Å². The zero-order valence-corrected chi connectivity index (χ0v) is 31.6. The van der Waals surface area contributed by atoms with Crippen molar-refractivity contribution >= 4 is 0 Å². The van der Waals surface area contributed by atoms with E-state index >= 15 is 0 Å². The van der Waals surface area contributed by atoms with Gasteiger partial charge in [-0.1, -0.05) is 170 Å². The number of hydrogen-bond donors (Lipinski definition) is 0. The Morgan fingerprint density at radius 1 is 0.531 bits per heavy atom. The van der Waals surface area contributed by atoms with E-state index in [0.29, 0.717) is 5.92 Å². The first kappa shape index (κ1) is 35.1. The summed E-state index contributed by atoms with van der Waals surface area (Å²) in [5.41, 5.74) is 11.0. The molecule has 0 heteroatoms. The summed E-state index contributed by atoms with van der Waals surface area (Å²) in [6.45, 7) is 6.81. The fraction of sp³-hybridized carbons (Fsp3) is 0.633. The summed E-state index contributed by atoms with van der Waals surface area (Å²) in [6.07, 6.45) is 28.7. The van der Waals surface area contributed by atoms with E-state index in [1.54, 1.807) is 22.3 Å². The Bertz CT molecular complexity index is 1450. The van der Waals surface area contributed by atoms with Gasteiger partial charge in [-0.05, 0) is 127 Å². The molecule has 7 atom stereocenters. The lowest BCUT2D eigenvalue weighted by atomic mass is 9.52. The zero-order chi connectivity index (χ0) is 33.6. The van der Waals surface area contributed by atoms with Crippen molar-refractivity contribution in [2.45, 2.75) is 167 Å². The summed E-state index contributed by atoms with van der Waals surface area (Å²) in [7, 11) is 0. The highest BCUT2D eigenvalue weighted by atomic mass is 14.5. The molecule has 49 heavy (non-hydrogen) atoms. The number of unbranched alkanes of at least 4 members (excludes halogenated alkanes) is 3. The van der Waals surface area contributed by atoms with Crippen LogP contribution >= 0.6 is 0 Å². The van der Waals surface area contributed by atoms with Crippen molar-refractivity contribution in [2.24, 2.45) is 29.6 Å². The van der Waals surface area contributed by atoms with Crippen LogP contribution in [-0.4, -0.2) is 0 Å². The molecule has 3 aromatic carbocycles. The second-order valence-corrected chi connectivity index (χ2v) is 17.4. The van der Waals surface area contributed by atoms with E-state index in [1.165, 1.54) is 145 Å². The summed E-state index contributed by atoms with van der Waals surface area (Å²) in [6, 6.07) is 27.1. The minimum absolute atomic E-state index is 0.525. The van der Waals surface area contributed by atoms with Gasteiger partial charge >= 0.3 is 0 Å². The van der Waals surface area contributed by atoms with E-state index in [2.05, 4.69) is 87.5 Å². The average Bonchev–Trinajstić information content (AvgIpc) is 3.16. The molecule has 0 nitrogen and oxygen atoms in total. The van der Waals surface area contributed by atoms with Gasteiger partial charge in [-0.25, -0.2) is 0 Å². The minimum atomic E-state index is 0.525. The van der Waals surface area contributed by atoms with Gasteiger partial charge in [0.15, 0.2) is 0 Å². The van der Waals surface area contributed by atoms with Crippen LogP contribution in [0.3, 0.4) is 0 Å². The van der Waals surface area contributed by atoms with Crippen LogP contribution in [0.5, 0.6) is 0 Å². The molecule has 8 rings (SSSR count). The maximum Gasteiger partial charge on any atom is 0.0129 e. The molecule has 0 amide bonds. The Morgan fingerprint density at radius 2 is 1.18 bits per heavy atom. The molecule has 264 valence electrons. The second kappa shape index (κ2) is 16.8. The van der Waals surface area contributed by atoms with Crippen LogP contribution in [0.4, 0.5) is 0 Å². The third kappa shape index (κ3) is 7.80. The summed E-state index contributed by atoms with van der Waals surface area (Å²) in [5.74, 6) is 6.65. The molecule has 7 unspecified atom stereocenters. The predicted molar refractivity (Wildman–Crippen MR) is 212 cm³/mol. The standard InChI is InChI=1S/C43H54.C6H14/c1-29-19-26-40-41(27-29)42(35-25-22-31-13-5-6-14-34(31)28-35)38-17-9-10-18-39(38)43(40)37-16-8-7-15-36(37)33-23-20-32(21-24-33)30-11-3-2-4-12-30;1-3-5-6-4-2/h7-8,15-16,19-21,23-24,26-27,30-31,34-35,38-39,42-43H,2-6,9-14,17-18,22,25,28H2,1H3;3-6H2,1-2H3. The molecule has 0 radical (unpaired) electrons. The van der Waals surface area contributed by atoms with Crippen molar-refractivity contribution in [2.75, 3.05) is 0 Å². The Labute approximate surface area is 301 Å². The van der Waals surface area contributed by atoms with Gasteiger partial charge in [0, 0.05) is 5.92 Å². The average molecular weight is 657 g/mol. The third-order valence-electron chi connectivity index (χ3n) is 14.3. The molecule has 5 aliphatic rings. The van der Waals surface area contributed by atoms with Crippen LogP contribution in [-0.2, 0) is 0 Å². The molecule has 0 heterocycles. The van der Waals surface area contributed by atoms with Crippen LogP contribution in [0.15, 0.2) is 66.7 Å². The van der Waals surface area contributed by atoms with Gasteiger partial charge in [0.05, 0.1) is 0 Å². The largest absolute Gasteiger partial charge is 0.0654 e. The smallest absolute Gasteiger partial charge is 0.0129 e. The molecule has 0 aliphatic heterocycles. The summed E-state index contributed by atoms with van der Waals surface area (Å²) >= 11 is 0. The topological polar surface area (TPSA) is 0 Å². The van der Waals surface area contributed by atoms with Crippen LogP contribution in [0.2, 0.25) is 0 Å². The summed E-state index contributed by atoms with van der Waals surface area (Å²) in [5, 5.41) is 0. The van der Waals surface area contributed by atoms with Crippen LogP contribution in [0.25, 0.3) is 11.1 Å². The number of hydrogen-bond acceptors (Lipinski definition) is 0. The van der Waals surface area contributed by atoms with Gasteiger partial charge in [0.2, 0.25) is 0 Å². The third-order valence-corrected chi connectivity index (χ3v) is 14.3. The quantitative estimate of drug-likeness (QED) is 0.222. The van der Waals surface area contributed by atoms with E-state index in [-0.39, 0.29) is 0 Å². The number of rotatable bonds is 7. The molecule has 0 bridgehead atoms. The lowest BCUT2D eigenvalue weighted by molar-refractivity contribution is 0.0675. The molecule has 4 fully saturated rings. The summed E-state index contributed by atoms with van der Waals surface area (Å²) < 4.78 is 0. The fourth-order valence-electron chi connectivity index (χ4n) is 11.9. The first-order valence-corrected chi connectivity index (χ1v) is 21.5. The van der Waals surface area contributed by atoms with E-state index in [0.717, 1.165) is 41.4 Å². The Kier molecular flexibility index (Phi) is 12.0. The van der Waals surface area contributed by atoms with Gasteiger partial charge in [0.1, 0.15) is 0 Å². The first-order chi connectivity index (χ1) is 24.2. The van der Waals surface area contributed by atoms with Gasteiger partial charge in [-0.2, -0.15) is 0 Å². The highest BCUT2D eigenvalue weighted by molar-refractivity contribution is 5.70. The summed E-state index contributed by atoms with van der Waals surface area (Å²) in [4.78, 5) is 0. The van der Waals surface area contributed by atoms with E-state index < -0.39 is 0 Å². The zero-order valence-electron chi connectivity index (χ0n) is 31.6. The van der Waals surface area contributed by atoms with Crippen LogP contribution < -0.4 is 0 Å². The highest BCUT2D eigenvalue weighted by Gasteiger charge is 2.48. The van der Waals surface area contributed by atoms with Crippen molar-refractivity contribution in [3.63, 3.8) is 0 Å². The predicted octanol–water partition coefficient (Wildman–Crippen LogP) is 14.9. The van der Waals surface area contributed by atoms with Crippen molar-refractivity contribution in [3.8, 4) is 11.1 Å². The molecule has 4 saturated carbocycles. The molecule has 3 aromatic rings. The maximum atomic E-state index is 2.66. The molecule has 0 N–H and O–H groups in total. The first-order valence-electron chi connectivity index (χ1n) is 21.5. The van der Waals surface area contributed by atoms with Gasteiger partial charge in [-0.3, -0.25) is 0 Å². The molecule has 5 aliphatic carbocycles. The van der Waals surface area contributed by atoms with Gasteiger partial charge in [0.25, 0.3) is 0 Å². The van der Waals surface area contributed by atoms with Crippen molar-refractivity contribution < 1.29 is 0 Å². The van der Waals surface area contributed by atoms with E-state index in [1.807, 2.05) is 0 Å². The monoisotopic (exact) mass is 657 g/mol. The van der Waals surface area contributed by atoms with Crippen molar-refractivity contribution in [1.29, 1.82) is 0 Å². The Morgan fingerprint density at radius 3 is 1.94 bits per heavy atom. The fourth-order valence-corrected chi connectivity index (χ4v) is 11.9. The lowest BCUT2D eigenvalue weighted by Gasteiger charge is -2.52. The second-order valence-electron chi connectivity index (χ2n) is 17.4. The van der Waals surface area contributed by atoms with Crippen molar-refractivity contribution in [3.05, 3.63) is 94.5 Å². The molecule has 0 saturated heterocycles. The van der Waals surface area contributed by atoms with Crippen LogP contribution in [0.1, 0.15) is 188 Å². The molecule has 0 aromatic heterocycles. The number of benzene rings is 3.